The van der Waals surface area contributed by atoms with Gasteiger partial charge in [0, 0.05) is 18.8 Å². The average molecular weight is 223 g/mol. The lowest BCUT2D eigenvalue weighted by Crippen LogP contribution is -1.93. The topological polar surface area (TPSA) is 29.3 Å². The molecule has 0 saturated carbocycles. The van der Waals surface area contributed by atoms with Crippen LogP contribution in [-0.2, 0) is 0 Å². The number of aromatic nitrogens is 2. The normalized spacial score (nSPS) is 10.6. The molecule has 0 fully saturated rings. The largest absolute Gasteiger partial charge is 0.387 e. The molecule has 0 atom stereocenters. The molecule has 0 saturated heterocycles. The second-order valence-electron chi connectivity index (χ2n) is 3.91. The van der Waals surface area contributed by atoms with Gasteiger partial charge in [0.25, 0.3) is 0 Å². The Hall–Kier alpha value is -2.29. The number of hydrogen-bond donors (Lipinski definition) is 1. The minimum Gasteiger partial charge on any atom is -0.387 e. The SMILES string of the molecule is CNc1ccc2ncc(-c3ccccc3)n2c1. The van der Waals surface area contributed by atoms with Gasteiger partial charge in [-0.3, -0.25) is 4.40 Å². The van der Waals surface area contributed by atoms with E-state index in [2.05, 4.69) is 33.0 Å². The second kappa shape index (κ2) is 3.94. The fourth-order valence-corrected chi connectivity index (χ4v) is 1.95. The molecule has 0 unspecified atom stereocenters. The Morgan fingerprint density at radius 3 is 2.65 bits per heavy atom. The van der Waals surface area contributed by atoms with Crippen molar-refractivity contribution in [2.45, 2.75) is 0 Å². The van der Waals surface area contributed by atoms with Crippen molar-refractivity contribution < 1.29 is 0 Å². The Morgan fingerprint density at radius 1 is 1.06 bits per heavy atom. The first-order valence-electron chi connectivity index (χ1n) is 5.59. The molecule has 3 heteroatoms. The number of benzene rings is 1. The molecule has 1 N–H and O–H groups in total. The second-order valence-corrected chi connectivity index (χ2v) is 3.91. The molecule has 0 radical (unpaired) electrons. The van der Waals surface area contributed by atoms with Crippen molar-refractivity contribution in [3.05, 3.63) is 54.9 Å². The van der Waals surface area contributed by atoms with E-state index >= 15 is 0 Å². The van der Waals surface area contributed by atoms with E-state index in [9.17, 15) is 0 Å². The molecular weight excluding hydrogens is 210 g/mol. The molecule has 2 heterocycles. The first-order valence-corrected chi connectivity index (χ1v) is 5.59. The van der Waals surface area contributed by atoms with E-state index in [0.717, 1.165) is 17.0 Å². The monoisotopic (exact) mass is 223 g/mol. The molecule has 3 aromatic rings. The molecule has 0 spiro atoms. The number of rotatable bonds is 2. The summed E-state index contributed by atoms with van der Waals surface area (Å²) in [4.78, 5) is 4.41. The van der Waals surface area contributed by atoms with Crippen LogP contribution in [0.2, 0.25) is 0 Å². The summed E-state index contributed by atoms with van der Waals surface area (Å²) in [5.74, 6) is 0. The Kier molecular flexibility index (Phi) is 2.29. The van der Waals surface area contributed by atoms with Gasteiger partial charge in [0.15, 0.2) is 0 Å². The van der Waals surface area contributed by atoms with E-state index in [1.807, 2.05) is 43.6 Å². The number of pyridine rings is 1. The minimum absolute atomic E-state index is 0.961. The Morgan fingerprint density at radius 2 is 1.88 bits per heavy atom. The number of hydrogen-bond acceptors (Lipinski definition) is 2. The lowest BCUT2D eigenvalue weighted by molar-refractivity contribution is 1.19. The predicted molar refractivity (Wildman–Crippen MR) is 70.2 cm³/mol. The smallest absolute Gasteiger partial charge is 0.137 e. The standard InChI is InChI=1S/C14H13N3/c1-15-12-7-8-14-16-9-13(17(14)10-12)11-5-3-2-4-6-11/h2-10,15H,1H3. The molecule has 0 aliphatic rings. The van der Waals surface area contributed by atoms with Crippen LogP contribution in [0.25, 0.3) is 16.9 Å². The maximum atomic E-state index is 4.41. The molecule has 1 aromatic carbocycles. The molecule has 0 amide bonds. The van der Waals surface area contributed by atoms with Gasteiger partial charge in [0.05, 0.1) is 17.6 Å². The van der Waals surface area contributed by atoms with Crippen LogP contribution in [0.5, 0.6) is 0 Å². The zero-order valence-electron chi connectivity index (χ0n) is 9.59. The van der Waals surface area contributed by atoms with Crippen molar-refractivity contribution in [1.29, 1.82) is 0 Å². The third kappa shape index (κ3) is 1.65. The maximum Gasteiger partial charge on any atom is 0.137 e. The van der Waals surface area contributed by atoms with Gasteiger partial charge in [-0.05, 0) is 12.1 Å². The molecular formula is C14H13N3. The van der Waals surface area contributed by atoms with Crippen LogP contribution in [0.15, 0.2) is 54.9 Å². The van der Waals surface area contributed by atoms with Crippen molar-refractivity contribution in [3.8, 4) is 11.3 Å². The van der Waals surface area contributed by atoms with Gasteiger partial charge in [-0.2, -0.15) is 0 Å². The number of fused-ring (bicyclic) bond motifs is 1. The van der Waals surface area contributed by atoms with Crippen molar-refractivity contribution in [1.82, 2.24) is 9.38 Å². The van der Waals surface area contributed by atoms with E-state index in [-0.39, 0.29) is 0 Å². The first kappa shape index (κ1) is 9.90. The van der Waals surface area contributed by atoms with Crippen LogP contribution < -0.4 is 5.32 Å². The van der Waals surface area contributed by atoms with E-state index in [1.165, 1.54) is 5.56 Å². The summed E-state index contributed by atoms with van der Waals surface area (Å²) in [7, 11) is 1.92. The van der Waals surface area contributed by atoms with E-state index in [0.29, 0.717) is 0 Å². The quantitative estimate of drug-likeness (QED) is 0.723. The Labute approximate surface area is 99.7 Å². The zero-order chi connectivity index (χ0) is 11.7. The third-order valence-corrected chi connectivity index (χ3v) is 2.86. The molecule has 0 aliphatic heterocycles. The molecule has 0 aliphatic carbocycles. The van der Waals surface area contributed by atoms with Crippen molar-refractivity contribution in [2.24, 2.45) is 0 Å². The summed E-state index contributed by atoms with van der Waals surface area (Å²) in [6.07, 6.45) is 3.97. The van der Waals surface area contributed by atoms with Gasteiger partial charge in [-0.25, -0.2) is 4.98 Å². The number of nitrogens with zero attached hydrogens (tertiary/aromatic N) is 2. The van der Waals surface area contributed by atoms with E-state index in [1.54, 1.807) is 0 Å². The van der Waals surface area contributed by atoms with Crippen LogP contribution in [0.3, 0.4) is 0 Å². The van der Waals surface area contributed by atoms with Crippen molar-refractivity contribution in [2.75, 3.05) is 12.4 Å². The van der Waals surface area contributed by atoms with Crippen molar-refractivity contribution in [3.63, 3.8) is 0 Å². The number of imidazole rings is 1. The zero-order valence-corrected chi connectivity index (χ0v) is 9.59. The maximum absolute atomic E-state index is 4.41. The summed E-state index contributed by atoms with van der Waals surface area (Å²) in [6, 6.07) is 14.3. The van der Waals surface area contributed by atoms with Crippen molar-refractivity contribution >= 4 is 11.3 Å². The first-order chi connectivity index (χ1) is 8.38. The van der Waals surface area contributed by atoms with Gasteiger partial charge >= 0.3 is 0 Å². The van der Waals surface area contributed by atoms with Gasteiger partial charge in [-0.1, -0.05) is 30.3 Å². The highest BCUT2D eigenvalue weighted by molar-refractivity contribution is 5.65. The predicted octanol–water partition coefficient (Wildman–Crippen LogP) is 3.04. The van der Waals surface area contributed by atoms with Gasteiger partial charge in [-0.15, -0.1) is 0 Å². The summed E-state index contributed by atoms with van der Waals surface area (Å²) < 4.78 is 2.10. The van der Waals surface area contributed by atoms with Crippen LogP contribution in [0.4, 0.5) is 5.69 Å². The van der Waals surface area contributed by atoms with Gasteiger partial charge in [0.2, 0.25) is 0 Å². The molecule has 2 aromatic heterocycles. The Balaban J connectivity index is 2.23. The lowest BCUT2D eigenvalue weighted by atomic mass is 10.2. The fourth-order valence-electron chi connectivity index (χ4n) is 1.95. The van der Waals surface area contributed by atoms with Crippen LogP contribution in [0, 0.1) is 0 Å². The van der Waals surface area contributed by atoms with Crippen LogP contribution >= 0.6 is 0 Å². The van der Waals surface area contributed by atoms with Crippen LogP contribution in [-0.4, -0.2) is 16.4 Å². The fraction of sp³-hybridized carbons (Fsp3) is 0.0714. The number of anilines is 1. The van der Waals surface area contributed by atoms with Crippen LogP contribution in [0.1, 0.15) is 0 Å². The lowest BCUT2D eigenvalue weighted by Gasteiger charge is -2.04. The average Bonchev–Trinajstić information content (AvgIpc) is 2.82. The van der Waals surface area contributed by atoms with E-state index in [4.69, 9.17) is 0 Å². The third-order valence-electron chi connectivity index (χ3n) is 2.86. The Bertz CT molecular complexity index is 641. The minimum atomic E-state index is 0.961. The molecule has 3 nitrogen and oxygen atoms in total. The molecule has 84 valence electrons. The number of nitrogens with one attached hydrogen (secondary N) is 1. The van der Waals surface area contributed by atoms with E-state index < -0.39 is 0 Å². The highest BCUT2D eigenvalue weighted by Gasteiger charge is 2.05. The summed E-state index contributed by atoms with van der Waals surface area (Å²) >= 11 is 0. The molecule has 17 heavy (non-hydrogen) atoms. The van der Waals surface area contributed by atoms with Gasteiger partial charge in [0.1, 0.15) is 5.65 Å². The molecule has 0 bridgehead atoms. The summed E-state index contributed by atoms with van der Waals surface area (Å²) in [5.41, 5.74) is 4.32. The highest BCUT2D eigenvalue weighted by atomic mass is 15.0. The summed E-state index contributed by atoms with van der Waals surface area (Å²) in [6.45, 7) is 0. The molecule has 3 rings (SSSR count). The van der Waals surface area contributed by atoms with Gasteiger partial charge < -0.3 is 5.32 Å². The highest BCUT2D eigenvalue weighted by Crippen LogP contribution is 2.21. The summed E-state index contributed by atoms with van der Waals surface area (Å²) in [5, 5.41) is 3.14.